The first-order valence-corrected chi connectivity index (χ1v) is 12.8. The molecule has 3 aromatic rings. The number of hydrogen-bond donors (Lipinski definition) is 1. The molecule has 4 rings (SSSR count). The van der Waals surface area contributed by atoms with Gasteiger partial charge >= 0.3 is 12.4 Å². The highest BCUT2D eigenvalue weighted by Crippen LogP contribution is 2.41. The number of amides is 1. The number of alkyl halides is 6. The molecule has 1 aliphatic rings. The van der Waals surface area contributed by atoms with Crippen molar-refractivity contribution in [2.45, 2.75) is 38.5 Å². The van der Waals surface area contributed by atoms with Crippen LogP contribution in [0.2, 0.25) is 0 Å². The van der Waals surface area contributed by atoms with Gasteiger partial charge in [0.2, 0.25) is 5.91 Å². The lowest BCUT2D eigenvalue weighted by Crippen LogP contribution is -2.89. The third kappa shape index (κ3) is 5.94. The molecule has 40 heavy (non-hydrogen) atoms. The van der Waals surface area contributed by atoms with Gasteiger partial charge in [0.15, 0.2) is 0 Å². The van der Waals surface area contributed by atoms with Crippen LogP contribution in [-0.4, -0.2) is 44.1 Å². The SMILES string of the molecule is Cc1ccccc1-c1cc(N2CC[NH2+]CC2)ncc1N(C)C(=O)C(C)(C)c1cc(C(F)(F)F)cc(C(F)(F)F)c1. The standard InChI is InChI=1S/C29H30F6N4O/c1-18-7-5-6-8-22(18)23-16-25(39-11-9-36-10-12-39)37-17-24(23)38(4)26(40)27(2,3)19-13-20(28(30,31)32)15-21(14-19)29(33,34)35/h5-8,13-17,36H,9-12H2,1-4H3/p+1. The molecule has 1 aromatic heterocycles. The number of halogens is 6. The molecule has 2 N–H and O–H groups in total. The molecule has 1 fully saturated rings. The molecule has 2 heterocycles. The van der Waals surface area contributed by atoms with E-state index in [0.717, 1.165) is 43.1 Å². The molecular weight excluding hydrogens is 534 g/mol. The van der Waals surface area contributed by atoms with Crippen molar-refractivity contribution in [2.75, 3.05) is 43.0 Å². The number of benzene rings is 2. The average Bonchev–Trinajstić information content (AvgIpc) is 2.91. The van der Waals surface area contributed by atoms with Gasteiger partial charge in [-0.15, -0.1) is 0 Å². The Hall–Kier alpha value is -3.60. The van der Waals surface area contributed by atoms with E-state index < -0.39 is 40.4 Å². The van der Waals surface area contributed by atoms with Crippen molar-refractivity contribution in [2.24, 2.45) is 0 Å². The summed E-state index contributed by atoms with van der Waals surface area (Å²) in [5.41, 5.74) is -2.22. The van der Waals surface area contributed by atoms with Crippen LogP contribution in [0.3, 0.4) is 0 Å². The number of piperazine rings is 1. The van der Waals surface area contributed by atoms with E-state index in [4.69, 9.17) is 0 Å². The van der Waals surface area contributed by atoms with Crippen molar-refractivity contribution in [3.8, 4) is 11.1 Å². The number of quaternary nitrogens is 1. The van der Waals surface area contributed by atoms with Crippen molar-refractivity contribution >= 4 is 17.4 Å². The maximum atomic E-state index is 13.9. The second-order valence-corrected chi connectivity index (χ2v) is 10.5. The number of pyridine rings is 1. The molecule has 214 valence electrons. The van der Waals surface area contributed by atoms with Crippen molar-refractivity contribution in [1.29, 1.82) is 0 Å². The summed E-state index contributed by atoms with van der Waals surface area (Å²) in [6, 6.07) is 10.7. The van der Waals surface area contributed by atoms with Gasteiger partial charge in [-0.05, 0) is 61.7 Å². The fourth-order valence-corrected chi connectivity index (χ4v) is 4.92. The second kappa shape index (κ2) is 10.8. The predicted octanol–water partition coefficient (Wildman–Crippen LogP) is 5.42. The molecule has 1 aliphatic heterocycles. The number of hydrogen-bond acceptors (Lipinski definition) is 3. The molecule has 0 unspecified atom stereocenters. The molecule has 0 aliphatic carbocycles. The maximum Gasteiger partial charge on any atom is 0.416 e. The minimum absolute atomic E-state index is 0.0606. The number of carbonyl (C=O) groups excluding carboxylic acids is 1. The van der Waals surface area contributed by atoms with Crippen LogP contribution in [0.5, 0.6) is 0 Å². The highest BCUT2D eigenvalue weighted by Gasteiger charge is 2.41. The predicted molar refractivity (Wildman–Crippen MR) is 141 cm³/mol. The molecule has 2 aromatic carbocycles. The quantitative estimate of drug-likeness (QED) is 0.421. The van der Waals surface area contributed by atoms with Crippen molar-refractivity contribution in [3.05, 3.63) is 77.0 Å². The largest absolute Gasteiger partial charge is 0.416 e. The van der Waals surface area contributed by atoms with Crippen LogP contribution in [0.1, 0.15) is 36.1 Å². The summed E-state index contributed by atoms with van der Waals surface area (Å²) in [6.07, 6.45) is -8.51. The Kier molecular flexibility index (Phi) is 7.90. The monoisotopic (exact) mass is 565 g/mol. The normalized spacial score (nSPS) is 14.8. The molecule has 11 heteroatoms. The molecule has 1 saturated heterocycles. The highest BCUT2D eigenvalue weighted by atomic mass is 19.4. The van der Waals surface area contributed by atoms with Gasteiger partial charge in [0.25, 0.3) is 0 Å². The van der Waals surface area contributed by atoms with Crippen molar-refractivity contribution in [3.63, 3.8) is 0 Å². The first kappa shape index (κ1) is 29.4. The van der Waals surface area contributed by atoms with E-state index in [-0.39, 0.29) is 6.07 Å². The van der Waals surface area contributed by atoms with E-state index in [0.29, 0.717) is 23.4 Å². The summed E-state index contributed by atoms with van der Waals surface area (Å²) in [6.45, 7) is 7.96. The van der Waals surface area contributed by atoms with Crippen LogP contribution >= 0.6 is 0 Å². The van der Waals surface area contributed by atoms with Gasteiger partial charge in [-0.2, -0.15) is 26.3 Å². The van der Waals surface area contributed by atoms with E-state index in [1.165, 1.54) is 32.0 Å². The number of carbonyl (C=O) groups is 1. The minimum atomic E-state index is -5.02. The van der Waals surface area contributed by atoms with E-state index in [1.54, 1.807) is 0 Å². The number of rotatable bonds is 5. The van der Waals surface area contributed by atoms with Crippen LogP contribution in [0.25, 0.3) is 11.1 Å². The lowest BCUT2D eigenvalue weighted by atomic mass is 9.81. The lowest BCUT2D eigenvalue weighted by molar-refractivity contribution is -0.655. The fourth-order valence-electron chi connectivity index (χ4n) is 4.92. The third-order valence-corrected chi connectivity index (χ3v) is 7.34. The highest BCUT2D eigenvalue weighted by molar-refractivity contribution is 6.03. The Morgan fingerprint density at radius 3 is 1.98 bits per heavy atom. The van der Waals surface area contributed by atoms with E-state index in [1.807, 2.05) is 37.3 Å². The summed E-state index contributed by atoms with van der Waals surface area (Å²) < 4.78 is 81.3. The van der Waals surface area contributed by atoms with Crippen LogP contribution in [0.15, 0.2) is 54.7 Å². The Morgan fingerprint density at radius 1 is 0.875 bits per heavy atom. The van der Waals surface area contributed by atoms with Gasteiger partial charge in [0.1, 0.15) is 5.82 Å². The molecule has 5 nitrogen and oxygen atoms in total. The first-order valence-electron chi connectivity index (χ1n) is 12.8. The fraction of sp³-hybridized carbons (Fsp3) is 0.379. The van der Waals surface area contributed by atoms with Gasteiger partial charge < -0.3 is 15.1 Å². The van der Waals surface area contributed by atoms with Gasteiger partial charge in [0, 0.05) is 12.6 Å². The first-order chi connectivity index (χ1) is 18.6. The topological polar surface area (TPSA) is 53.1 Å². The van der Waals surface area contributed by atoms with E-state index in [2.05, 4.69) is 15.2 Å². The average molecular weight is 566 g/mol. The van der Waals surface area contributed by atoms with Crippen LogP contribution < -0.4 is 15.1 Å². The molecule has 1 amide bonds. The molecule has 0 bridgehead atoms. The molecular formula is C29H31F6N4O+. The number of anilines is 2. The minimum Gasteiger partial charge on any atom is -0.345 e. The Labute approximate surface area is 228 Å². The number of likely N-dealkylation sites (N-methyl/N-ethyl adjacent to an activating group) is 1. The summed E-state index contributed by atoms with van der Waals surface area (Å²) in [4.78, 5) is 21.9. The van der Waals surface area contributed by atoms with Crippen molar-refractivity contribution < 1.29 is 36.5 Å². The van der Waals surface area contributed by atoms with Crippen molar-refractivity contribution in [1.82, 2.24) is 4.98 Å². The van der Waals surface area contributed by atoms with Gasteiger partial charge in [0.05, 0.1) is 54.6 Å². The molecule has 0 spiro atoms. The molecule has 0 saturated carbocycles. The van der Waals surface area contributed by atoms with E-state index in [9.17, 15) is 31.1 Å². The smallest absolute Gasteiger partial charge is 0.345 e. The van der Waals surface area contributed by atoms with Gasteiger partial charge in [-0.1, -0.05) is 24.3 Å². The Balaban J connectivity index is 1.80. The molecule has 0 atom stereocenters. The zero-order chi connectivity index (χ0) is 29.5. The lowest BCUT2D eigenvalue weighted by Gasteiger charge is -2.33. The number of aromatic nitrogens is 1. The van der Waals surface area contributed by atoms with Crippen LogP contribution in [0.4, 0.5) is 37.8 Å². The summed E-state index contributed by atoms with van der Waals surface area (Å²) in [5, 5.41) is 2.21. The van der Waals surface area contributed by atoms with Crippen LogP contribution in [0, 0.1) is 6.92 Å². The summed E-state index contributed by atoms with van der Waals surface area (Å²) >= 11 is 0. The number of nitrogens with zero attached hydrogens (tertiary/aromatic N) is 3. The maximum absolute atomic E-state index is 13.9. The number of aryl methyl sites for hydroxylation is 1. The van der Waals surface area contributed by atoms with E-state index >= 15 is 0 Å². The van der Waals surface area contributed by atoms with Gasteiger partial charge in [-0.25, -0.2) is 4.98 Å². The zero-order valence-corrected chi connectivity index (χ0v) is 22.6. The number of nitrogens with two attached hydrogens (primary N) is 1. The zero-order valence-electron chi connectivity index (χ0n) is 22.6. The Morgan fingerprint density at radius 2 is 1.43 bits per heavy atom. The Bertz CT molecular complexity index is 1360. The summed E-state index contributed by atoms with van der Waals surface area (Å²) in [7, 11) is 1.46. The molecule has 0 radical (unpaired) electrons. The van der Waals surface area contributed by atoms with Crippen LogP contribution in [-0.2, 0) is 22.6 Å². The van der Waals surface area contributed by atoms with Gasteiger partial charge in [-0.3, -0.25) is 4.79 Å². The summed E-state index contributed by atoms with van der Waals surface area (Å²) in [5.74, 6) is 0.0415. The second-order valence-electron chi connectivity index (χ2n) is 10.5. The third-order valence-electron chi connectivity index (χ3n) is 7.34.